The standard InChI is InChI=1S/C9H18O3/c1-6(2)12-9-5-7(11-3)4-8(9)10/h6-10H,4-5H2,1-3H3. The van der Waals surface area contributed by atoms with E-state index in [2.05, 4.69) is 0 Å². The quantitative estimate of drug-likeness (QED) is 0.692. The zero-order valence-electron chi connectivity index (χ0n) is 7.99. The van der Waals surface area contributed by atoms with Crippen molar-refractivity contribution in [3.05, 3.63) is 0 Å². The number of ether oxygens (including phenoxy) is 2. The molecule has 0 aromatic rings. The molecular weight excluding hydrogens is 156 g/mol. The average molecular weight is 174 g/mol. The van der Waals surface area contributed by atoms with Crippen molar-refractivity contribution in [2.45, 2.75) is 51.1 Å². The third kappa shape index (κ3) is 2.44. The largest absolute Gasteiger partial charge is 0.390 e. The van der Waals surface area contributed by atoms with E-state index in [-0.39, 0.29) is 24.4 Å². The van der Waals surface area contributed by atoms with Gasteiger partial charge in [0, 0.05) is 20.0 Å². The molecule has 3 nitrogen and oxygen atoms in total. The monoisotopic (exact) mass is 174 g/mol. The Labute approximate surface area is 73.7 Å². The molecule has 1 aliphatic carbocycles. The Hall–Kier alpha value is -0.120. The summed E-state index contributed by atoms with van der Waals surface area (Å²) in [6.07, 6.45) is 1.49. The number of hydrogen-bond donors (Lipinski definition) is 1. The minimum atomic E-state index is -0.350. The summed E-state index contributed by atoms with van der Waals surface area (Å²) in [7, 11) is 1.68. The van der Waals surface area contributed by atoms with E-state index in [4.69, 9.17) is 9.47 Å². The summed E-state index contributed by atoms with van der Waals surface area (Å²) >= 11 is 0. The van der Waals surface area contributed by atoms with Gasteiger partial charge in [-0.05, 0) is 13.8 Å². The Morgan fingerprint density at radius 2 is 2.00 bits per heavy atom. The topological polar surface area (TPSA) is 38.7 Å². The van der Waals surface area contributed by atoms with E-state index in [1.54, 1.807) is 7.11 Å². The third-order valence-corrected chi connectivity index (χ3v) is 2.21. The smallest absolute Gasteiger partial charge is 0.0863 e. The van der Waals surface area contributed by atoms with Crippen LogP contribution in [0.1, 0.15) is 26.7 Å². The van der Waals surface area contributed by atoms with Gasteiger partial charge in [0.2, 0.25) is 0 Å². The van der Waals surface area contributed by atoms with Crippen LogP contribution in [0, 0.1) is 0 Å². The summed E-state index contributed by atoms with van der Waals surface area (Å²) < 4.78 is 10.7. The molecule has 12 heavy (non-hydrogen) atoms. The van der Waals surface area contributed by atoms with Gasteiger partial charge in [-0.15, -0.1) is 0 Å². The molecule has 0 aromatic carbocycles. The van der Waals surface area contributed by atoms with Crippen LogP contribution in [-0.4, -0.2) is 36.6 Å². The fourth-order valence-electron chi connectivity index (χ4n) is 1.62. The van der Waals surface area contributed by atoms with Crippen molar-refractivity contribution in [3.8, 4) is 0 Å². The molecule has 1 aliphatic rings. The lowest BCUT2D eigenvalue weighted by Gasteiger charge is -2.17. The van der Waals surface area contributed by atoms with Gasteiger partial charge in [-0.3, -0.25) is 0 Å². The van der Waals surface area contributed by atoms with E-state index in [1.807, 2.05) is 13.8 Å². The summed E-state index contributed by atoms with van der Waals surface area (Å²) in [6.45, 7) is 3.96. The number of methoxy groups -OCH3 is 1. The summed E-state index contributed by atoms with van der Waals surface area (Å²) in [5, 5.41) is 9.53. The lowest BCUT2D eigenvalue weighted by molar-refractivity contribution is -0.0492. The second-order valence-electron chi connectivity index (χ2n) is 3.62. The van der Waals surface area contributed by atoms with Gasteiger partial charge in [0.15, 0.2) is 0 Å². The summed E-state index contributed by atoms with van der Waals surface area (Å²) in [5.74, 6) is 0. The molecule has 0 amide bonds. The van der Waals surface area contributed by atoms with Gasteiger partial charge in [-0.1, -0.05) is 0 Å². The van der Waals surface area contributed by atoms with E-state index in [1.165, 1.54) is 0 Å². The highest BCUT2D eigenvalue weighted by molar-refractivity contribution is 4.84. The fourth-order valence-corrected chi connectivity index (χ4v) is 1.62. The molecule has 0 bridgehead atoms. The first-order valence-corrected chi connectivity index (χ1v) is 4.49. The second kappa shape index (κ2) is 4.21. The maximum absolute atomic E-state index is 9.53. The van der Waals surface area contributed by atoms with Crippen molar-refractivity contribution in [1.82, 2.24) is 0 Å². The van der Waals surface area contributed by atoms with Crippen molar-refractivity contribution >= 4 is 0 Å². The van der Waals surface area contributed by atoms with Crippen molar-refractivity contribution in [1.29, 1.82) is 0 Å². The molecule has 3 heteroatoms. The molecule has 0 aromatic heterocycles. The Balaban J connectivity index is 2.35. The molecule has 0 aliphatic heterocycles. The van der Waals surface area contributed by atoms with Crippen LogP contribution in [0.4, 0.5) is 0 Å². The summed E-state index contributed by atoms with van der Waals surface area (Å²) in [4.78, 5) is 0. The number of aliphatic hydroxyl groups is 1. The van der Waals surface area contributed by atoms with Crippen molar-refractivity contribution in [3.63, 3.8) is 0 Å². The van der Waals surface area contributed by atoms with Crippen molar-refractivity contribution in [2.75, 3.05) is 7.11 Å². The molecule has 1 fully saturated rings. The van der Waals surface area contributed by atoms with Gasteiger partial charge in [0.25, 0.3) is 0 Å². The van der Waals surface area contributed by atoms with E-state index < -0.39 is 0 Å². The molecule has 0 saturated heterocycles. The highest BCUT2D eigenvalue weighted by Gasteiger charge is 2.34. The highest BCUT2D eigenvalue weighted by atomic mass is 16.5. The predicted octanol–water partition coefficient (Wildman–Crippen LogP) is 0.950. The lowest BCUT2D eigenvalue weighted by Crippen LogP contribution is -2.25. The highest BCUT2D eigenvalue weighted by Crippen LogP contribution is 2.25. The van der Waals surface area contributed by atoms with E-state index >= 15 is 0 Å². The van der Waals surface area contributed by atoms with Crippen LogP contribution in [0.3, 0.4) is 0 Å². The first-order valence-electron chi connectivity index (χ1n) is 4.49. The van der Waals surface area contributed by atoms with Crippen LogP contribution >= 0.6 is 0 Å². The molecule has 1 rings (SSSR count). The molecule has 1 N–H and O–H groups in total. The van der Waals surface area contributed by atoms with Crippen LogP contribution in [0.25, 0.3) is 0 Å². The fraction of sp³-hybridized carbons (Fsp3) is 1.00. The Morgan fingerprint density at radius 1 is 1.33 bits per heavy atom. The summed E-state index contributed by atoms with van der Waals surface area (Å²) in [6, 6.07) is 0. The minimum absolute atomic E-state index is 0.0325. The second-order valence-corrected chi connectivity index (χ2v) is 3.62. The lowest BCUT2D eigenvalue weighted by atomic mass is 10.2. The van der Waals surface area contributed by atoms with Crippen LogP contribution in [0.5, 0.6) is 0 Å². The molecule has 0 spiro atoms. The van der Waals surface area contributed by atoms with Crippen LogP contribution < -0.4 is 0 Å². The third-order valence-electron chi connectivity index (χ3n) is 2.21. The molecular formula is C9H18O3. The van der Waals surface area contributed by atoms with E-state index in [0.29, 0.717) is 6.42 Å². The molecule has 0 radical (unpaired) electrons. The zero-order valence-corrected chi connectivity index (χ0v) is 7.99. The number of hydrogen-bond acceptors (Lipinski definition) is 3. The van der Waals surface area contributed by atoms with Gasteiger partial charge in [0.1, 0.15) is 0 Å². The molecule has 1 saturated carbocycles. The zero-order chi connectivity index (χ0) is 9.14. The van der Waals surface area contributed by atoms with Crippen molar-refractivity contribution in [2.24, 2.45) is 0 Å². The normalized spacial score (nSPS) is 36.2. The first-order chi connectivity index (χ1) is 5.63. The Kier molecular flexibility index (Phi) is 3.50. The van der Waals surface area contributed by atoms with E-state index in [9.17, 15) is 5.11 Å². The predicted molar refractivity (Wildman–Crippen MR) is 46.0 cm³/mol. The SMILES string of the molecule is COC1CC(O)C(OC(C)C)C1. The molecule has 0 heterocycles. The van der Waals surface area contributed by atoms with Gasteiger partial charge in [-0.2, -0.15) is 0 Å². The maximum atomic E-state index is 9.53. The van der Waals surface area contributed by atoms with Crippen LogP contribution in [-0.2, 0) is 9.47 Å². The van der Waals surface area contributed by atoms with Crippen LogP contribution in [0.15, 0.2) is 0 Å². The number of aliphatic hydroxyl groups excluding tert-OH is 1. The number of rotatable bonds is 3. The maximum Gasteiger partial charge on any atom is 0.0863 e. The van der Waals surface area contributed by atoms with Gasteiger partial charge >= 0.3 is 0 Å². The van der Waals surface area contributed by atoms with Gasteiger partial charge in [0.05, 0.1) is 24.4 Å². The first kappa shape index (κ1) is 9.96. The molecule has 72 valence electrons. The van der Waals surface area contributed by atoms with Gasteiger partial charge in [-0.25, -0.2) is 0 Å². The van der Waals surface area contributed by atoms with E-state index in [0.717, 1.165) is 6.42 Å². The Morgan fingerprint density at radius 3 is 2.42 bits per heavy atom. The van der Waals surface area contributed by atoms with Crippen molar-refractivity contribution < 1.29 is 14.6 Å². The average Bonchev–Trinajstić information content (AvgIpc) is 2.31. The minimum Gasteiger partial charge on any atom is -0.390 e. The Bertz CT molecular complexity index is 136. The molecule has 3 atom stereocenters. The van der Waals surface area contributed by atoms with Gasteiger partial charge < -0.3 is 14.6 Å². The molecule has 3 unspecified atom stereocenters. The van der Waals surface area contributed by atoms with Crippen LogP contribution in [0.2, 0.25) is 0 Å². The summed E-state index contributed by atoms with van der Waals surface area (Å²) in [5.41, 5.74) is 0.